The summed E-state index contributed by atoms with van der Waals surface area (Å²) in [7, 11) is 1.53. The first kappa shape index (κ1) is 16.4. The van der Waals surface area contributed by atoms with Crippen molar-refractivity contribution in [3.05, 3.63) is 33.9 Å². The number of rotatable bonds is 7. The van der Waals surface area contributed by atoms with Crippen LogP contribution >= 0.6 is 0 Å². The van der Waals surface area contributed by atoms with Gasteiger partial charge in [0.25, 0.3) is 5.69 Å². The molecule has 1 atom stereocenters. The molecule has 0 aromatic heterocycles. The number of anilines is 1. The highest BCUT2D eigenvalue weighted by molar-refractivity contribution is 5.96. The van der Waals surface area contributed by atoms with Crippen LogP contribution in [0.15, 0.2) is 18.2 Å². The highest BCUT2D eigenvalue weighted by atomic mass is 16.6. The number of carbonyl (C=O) groups excluding carboxylic acids is 1. The average molecular weight is 293 g/mol. The van der Waals surface area contributed by atoms with Gasteiger partial charge in [0.1, 0.15) is 6.07 Å². The van der Waals surface area contributed by atoms with Gasteiger partial charge in [-0.25, -0.2) is 4.79 Å². The molecule has 0 aliphatic heterocycles. The Morgan fingerprint density at radius 2 is 2.29 bits per heavy atom. The molecule has 0 amide bonds. The summed E-state index contributed by atoms with van der Waals surface area (Å²) in [4.78, 5) is 22.2. The standard InChI is InChI=1S/C13H15N3O5/c1-9(8-14)21-13(17)11-7-10(16(18)19)3-4-12(11)15-5-6-20-2/h3-4,7,9,15H,5-6H2,1-2H3/t9-/m1/s1. The Bertz CT molecular complexity index is 567. The third kappa shape index (κ3) is 4.74. The SMILES string of the molecule is COCCNc1ccc([N+](=O)[O-])cc1C(=O)O[C@H](C)C#N. The van der Waals surface area contributed by atoms with E-state index in [0.717, 1.165) is 6.07 Å². The number of nitriles is 1. The first-order chi connectivity index (χ1) is 9.99. The maximum atomic E-state index is 12.0. The monoisotopic (exact) mass is 293 g/mol. The van der Waals surface area contributed by atoms with Gasteiger partial charge >= 0.3 is 5.97 Å². The van der Waals surface area contributed by atoms with E-state index in [4.69, 9.17) is 14.7 Å². The van der Waals surface area contributed by atoms with Crippen molar-refractivity contribution in [2.24, 2.45) is 0 Å². The largest absolute Gasteiger partial charge is 0.444 e. The number of nitrogens with zero attached hydrogens (tertiary/aromatic N) is 2. The van der Waals surface area contributed by atoms with Crippen molar-refractivity contribution >= 4 is 17.3 Å². The van der Waals surface area contributed by atoms with Crippen molar-refractivity contribution in [2.75, 3.05) is 25.6 Å². The molecule has 0 heterocycles. The number of esters is 1. The molecule has 0 saturated carbocycles. The number of benzene rings is 1. The number of nitrogens with one attached hydrogen (secondary N) is 1. The van der Waals surface area contributed by atoms with Gasteiger partial charge in [-0.3, -0.25) is 10.1 Å². The minimum atomic E-state index is -0.941. The summed E-state index contributed by atoms with van der Waals surface area (Å²) in [6, 6.07) is 5.57. The molecule has 0 aliphatic rings. The zero-order valence-corrected chi connectivity index (χ0v) is 11.7. The van der Waals surface area contributed by atoms with Gasteiger partial charge in [0.2, 0.25) is 0 Å². The van der Waals surface area contributed by atoms with Crippen LogP contribution < -0.4 is 5.32 Å². The molecule has 112 valence electrons. The van der Waals surface area contributed by atoms with E-state index in [0.29, 0.717) is 18.8 Å². The van der Waals surface area contributed by atoms with E-state index in [2.05, 4.69) is 5.32 Å². The van der Waals surface area contributed by atoms with Crippen LogP contribution in [0.5, 0.6) is 0 Å². The van der Waals surface area contributed by atoms with Crippen LogP contribution in [0.2, 0.25) is 0 Å². The van der Waals surface area contributed by atoms with Crippen LogP contribution in [0, 0.1) is 21.4 Å². The molecule has 0 unspecified atom stereocenters. The number of methoxy groups -OCH3 is 1. The van der Waals surface area contributed by atoms with Crippen molar-refractivity contribution < 1.29 is 19.2 Å². The zero-order valence-electron chi connectivity index (χ0n) is 11.7. The molecule has 0 radical (unpaired) electrons. The predicted molar refractivity (Wildman–Crippen MR) is 74.0 cm³/mol. The van der Waals surface area contributed by atoms with Gasteiger partial charge in [-0.15, -0.1) is 0 Å². The molecule has 0 aliphatic carbocycles. The lowest BCUT2D eigenvalue weighted by Crippen LogP contribution is -2.16. The molecule has 0 fully saturated rings. The Morgan fingerprint density at radius 3 is 2.86 bits per heavy atom. The molecule has 1 aromatic carbocycles. The van der Waals surface area contributed by atoms with Crippen LogP contribution in [0.3, 0.4) is 0 Å². The second-order valence-corrected chi connectivity index (χ2v) is 4.08. The molecule has 1 rings (SSSR count). The molecule has 0 spiro atoms. The molecular weight excluding hydrogens is 278 g/mol. The molecule has 21 heavy (non-hydrogen) atoms. The molecule has 1 aromatic rings. The summed E-state index contributed by atoms with van der Waals surface area (Å²) in [6.45, 7) is 2.23. The number of hydrogen-bond donors (Lipinski definition) is 1. The van der Waals surface area contributed by atoms with Gasteiger partial charge in [0.05, 0.1) is 17.1 Å². The predicted octanol–water partition coefficient (Wildman–Crippen LogP) is 1.72. The van der Waals surface area contributed by atoms with Crippen LogP contribution in [0.4, 0.5) is 11.4 Å². The van der Waals surface area contributed by atoms with E-state index < -0.39 is 17.0 Å². The molecule has 8 heteroatoms. The lowest BCUT2D eigenvalue weighted by molar-refractivity contribution is -0.384. The van der Waals surface area contributed by atoms with Crippen molar-refractivity contribution in [2.45, 2.75) is 13.0 Å². The summed E-state index contributed by atoms with van der Waals surface area (Å²) in [6.07, 6.45) is -0.941. The van der Waals surface area contributed by atoms with Gasteiger partial charge in [-0.2, -0.15) is 5.26 Å². The molecule has 0 saturated heterocycles. The minimum Gasteiger partial charge on any atom is -0.444 e. The normalized spacial score (nSPS) is 11.3. The van der Waals surface area contributed by atoms with Crippen LogP contribution in [-0.4, -0.2) is 37.3 Å². The Morgan fingerprint density at radius 1 is 1.57 bits per heavy atom. The van der Waals surface area contributed by atoms with Crippen molar-refractivity contribution in [1.82, 2.24) is 0 Å². The van der Waals surface area contributed by atoms with E-state index in [1.54, 1.807) is 6.07 Å². The summed E-state index contributed by atoms with van der Waals surface area (Å²) in [5.74, 6) is -0.798. The highest BCUT2D eigenvalue weighted by Crippen LogP contribution is 2.23. The lowest BCUT2D eigenvalue weighted by atomic mass is 10.1. The van der Waals surface area contributed by atoms with Gasteiger partial charge in [-0.05, 0) is 13.0 Å². The summed E-state index contributed by atoms with van der Waals surface area (Å²) < 4.78 is 9.75. The fraction of sp³-hybridized carbons (Fsp3) is 0.385. The molecular formula is C13H15N3O5. The minimum absolute atomic E-state index is 0.00223. The van der Waals surface area contributed by atoms with Gasteiger partial charge in [0.15, 0.2) is 6.10 Å². The lowest BCUT2D eigenvalue weighted by Gasteiger charge is -2.12. The summed E-state index contributed by atoms with van der Waals surface area (Å²) >= 11 is 0. The van der Waals surface area contributed by atoms with E-state index in [1.165, 1.54) is 26.2 Å². The number of hydrogen-bond acceptors (Lipinski definition) is 7. The van der Waals surface area contributed by atoms with Gasteiger partial charge in [-0.1, -0.05) is 0 Å². The van der Waals surface area contributed by atoms with Crippen LogP contribution in [0.1, 0.15) is 17.3 Å². The first-order valence-corrected chi connectivity index (χ1v) is 6.11. The Kier molecular flexibility index (Phi) is 6.10. The van der Waals surface area contributed by atoms with Gasteiger partial charge in [0, 0.05) is 31.5 Å². The number of non-ortho nitro benzene ring substituents is 1. The zero-order chi connectivity index (χ0) is 15.8. The van der Waals surface area contributed by atoms with Crippen LogP contribution in [-0.2, 0) is 9.47 Å². The summed E-state index contributed by atoms with van der Waals surface area (Å²) in [5, 5.41) is 22.4. The van der Waals surface area contributed by atoms with Gasteiger partial charge < -0.3 is 14.8 Å². The van der Waals surface area contributed by atoms with Crippen molar-refractivity contribution in [3.8, 4) is 6.07 Å². The molecule has 0 bridgehead atoms. The number of nitro groups is 1. The Balaban J connectivity index is 3.04. The highest BCUT2D eigenvalue weighted by Gasteiger charge is 2.19. The van der Waals surface area contributed by atoms with E-state index in [9.17, 15) is 14.9 Å². The number of nitro benzene ring substituents is 1. The maximum Gasteiger partial charge on any atom is 0.341 e. The van der Waals surface area contributed by atoms with E-state index >= 15 is 0 Å². The van der Waals surface area contributed by atoms with E-state index in [1.807, 2.05) is 0 Å². The topological polar surface area (TPSA) is 114 Å². The maximum absolute atomic E-state index is 12.0. The third-order valence-electron chi connectivity index (χ3n) is 2.52. The second kappa shape index (κ2) is 7.81. The second-order valence-electron chi connectivity index (χ2n) is 4.08. The van der Waals surface area contributed by atoms with E-state index in [-0.39, 0.29) is 11.3 Å². The smallest absolute Gasteiger partial charge is 0.341 e. The summed E-state index contributed by atoms with van der Waals surface area (Å²) in [5.41, 5.74) is 0.152. The number of ether oxygens (including phenoxy) is 2. The Labute approximate surface area is 121 Å². The number of carbonyl (C=O) groups is 1. The quantitative estimate of drug-likeness (QED) is 0.352. The molecule has 1 N–H and O–H groups in total. The fourth-order valence-electron chi connectivity index (χ4n) is 1.51. The fourth-order valence-corrected chi connectivity index (χ4v) is 1.51. The molecule has 8 nitrogen and oxygen atoms in total. The first-order valence-electron chi connectivity index (χ1n) is 6.11. The Hall–Kier alpha value is -2.66. The van der Waals surface area contributed by atoms with Crippen LogP contribution in [0.25, 0.3) is 0 Å². The van der Waals surface area contributed by atoms with Crippen molar-refractivity contribution in [1.29, 1.82) is 5.26 Å². The average Bonchev–Trinajstić information content (AvgIpc) is 2.47. The van der Waals surface area contributed by atoms with Crippen molar-refractivity contribution in [3.63, 3.8) is 0 Å². The third-order valence-corrected chi connectivity index (χ3v) is 2.52.